The Bertz CT molecular complexity index is 752. The number of aliphatic hydroxyl groups excluding tert-OH is 1. The molecule has 3 nitrogen and oxygen atoms in total. The Hall–Kier alpha value is -1.61. The molecule has 0 aromatic rings. The quantitative estimate of drug-likeness (QED) is 0.548. The number of Topliss-reactive ketones (excluding diaryl/α,β-unsaturated/α-hetero) is 1. The predicted octanol–water partition coefficient (Wildman–Crippen LogP) is 5.67. The van der Waals surface area contributed by atoms with Gasteiger partial charge in [-0.2, -0.15) is 0 Å². The SMILES string of the molecule is CC1=CC[C@@]2(C)C(=O)C3=C([C@@H](C)CO3)[C@@H]2CC=C(C)C(O)CCC(C)=CCC1. The number of rotatable bonds is 0. The topological polar surface area (TPSA) is 46.5 Å². The lowest BCUT2D eigenvalue weighted by Crippen LogP contribution is -2.33. The average Bonchev–Trinajstić information content (AvgIpc) is 3.13. The maximum atomic E-state index is 13.3. The monoisotopic (exact) mass is 384 g/mol. The van der Waals surface area contributed by atoms with Crippen LogP contribution in [0.1, 0.15) is 73.1 Å². The van der Waals surface area contributed by atoms with Crippen LogP contribution in [0.15, 0.2) is 46.3 Å². The summed E-state index contributed by atoms with van der Waals surface area (Å²) in [5.41, 5.74) is 4.47. The van der Waals surface area contributed by atoms with Gasteiger partial charge >= 0.3 is 0 Å². The lowest BCUT2D eigenvalue weighted by atomic mass is 9.70. The van der Waals surface area contributed by atoms with Gasteiger partial charge in [0.2, 0.25) is 5.78 Å². The summed E-state index contributed by atoms with van der Waals surface area (Å²) >= 11 is 0. The molecule has 0 aromatic carbocycles. The lowest BCUT2D eigenvalue weighted by molar-refractivity contribution is -0.127. The summed E-state index contributed by atoms with van der Waals surface area (Å²) in [5.74, 6) is 1.26. The number of hydrogen-bond donors (Lipinski definition) is 1. The van der Waals surface area contributed by atoms with Crippen molar-refractivity contribution in [3.05, 3.63) is 46.3 Å². The van der Waals surface area contributed by atoms with Gasteiger partial charge in [0.25, 0.3) is 0 Å². The zero-order valence-corrected chi connectivity index (χ0v) is 18.2. The number of ketones is 1. The number of allylic oxidation sites excluding steroid dienone is 6. The molecule has 0 radical (unpaired) electrons. The Balaban J connectivity index is 1.95. The minimum Gasteiger partial charge on any atom is -0.489 e. The Kier molecular flexibility index (Phi) is 6.34. The van der Waals surface area contributed by atoms with Crippen molar-refractivity contribution in [3.8, 4) is 0 Å². The zero-order chi connectivity index (χ0) is 20.5. The molecule has 1 unspecified atom stereocenters. The van der Waals surface area contributed by atoms with Crippen LogP contribution in [-0.2, 0) is 9.53 Å². The maximum absolute atomic E-state index is 13.3. The minimum atomic E-state index is -0.450. The first kappa shape index (κ1) is 21.1. The maximum Gasteiger partial charge on any atom is 0.204 e. The van der Waals surface area contributed by atoms with Crippen molar-refractivity contribution < 1.29 is 14.6 Å². The molecule has 0 spiro atoms. The van der Waals surface area contributed by atoms with Gasteiger partial charge in [0, 0.05) is 17.3 Å². The van der Waals surface area contributed by atoms with Crippen LogP contribution in [0.3, 0.4) is 0 Å². The van der Waals surface area contributed by atoms with Gasteiger partial charge in [0.15, 0.2) is 5.76 Å². The van der Waals surface area contributed by atoms with Crippen molar-refractivity contribution >= 4 is 5.78 Å². The lowest BCUT2D eigenvalue weighted by Gasteiger charge is -2.32. The Morgan fingerprint density at radius 2 is 1.82 bits per heavy atom. The summed E-state index contributed by atoms with van der Waals surface area (Å²) in [6, 6.07) is 0. The van der Waals surface area contributed by atoms with Crippen molar-refractivity contribution in [2.75, 3.05) is 6.61 Å². The number of ether oxygens (including phenoxy) is 1. The van der Waals surface area contributed by atoms with Crippen LogP contribution in [-0.4, -0.2) is 23.6 Å². The standard InChI is InChI=1S/C25H36O3/c1-16-7-6-8-17(2)13-14-25(5)20(11-10-18(3)21(26)12-9-16)22-19(4)15-28-23(22)24(25)27/h7,10,13,19-21,26H,6,8-9,11-12,14-15H2,1-5H3/t19-,20-,21?,25+/m0/s1. The van der Waals surface area contributed by atoms with E-state index in [2.05, 4.69) is 45.9 Å². The van der Waals surface area contributed by atoms with Crippen molar-refractivity contribution in [2.24, 2.45) is 17.3 Å². The minimum absolute atomic E-state index is 0.156. The third-order valence-corrected chi connectivity index (χ3v) is 7.06. The van der Waals surface area contributed by atoms with Crippen molar-refractivity contribution in [1.29, 1.82) is 0 Å². The van der Waals surface area contributed by atoms with E-state index in [9.17, 15) is 9.90 Å². The first-order valence-electron chi connectivity index (χ1n) is 10.8. The summed E-state index contributed by atoms with van der Waals surface area (Å²) in [6.07, 6.45) is 11.6. The Labute approximate surface area is 170 Å². The first-order valence-corrected chi connectivity index (χ1v) is 10.8. The molecule has 4 atom stereocenters. The van der Waals surface area contributed by atoms with Crippen molar-refractivity contribution in [1.82, 2.24) is 0 Å². The van der Waals surface area contributed by atoms with E-state index in [0.29, 0.717) is 18.3 Å². The van der Waals surface area contributed by atoms with E-state index in [0.717, 1.165) is 44.1 Å². The van der Waals surface area contributed by atoms with Crippen LogP contribution in [0.2, 0.25) is 0 Å². The van der Waals surface area contributed by atoms with Crippen LogP contribution in [0.5, 0.6) is 0 Å². The smallest absolute Gasteiger partial charge is 0.204 e. The van der Waals surface area contributed by atoms with E-state index in [1.165, 1.54) is 16.7 Å². The van der Waals surface area contributed by atoms with E-state index in [1.807, 2.05) is 6.92 Å². The molecule has 0 amide bonds. The first-order chi connectivity index (χ1) is 13.2. The average molecular weight is 385 g/mol. The highest BCUT2D eigenvalue weighted by molar-refractivity contribution is 6.02. The fraction of sp³-hybridized carbons (Fsp3) is 0.640. The number of aliphatic hydroxyl groups is 1. The molecule has 1 N–H and O–H groups in total. The van der Waals surface area contributed by atoms with E-state index in [1.54, 1.807) is 0 Å². The molecule has 0 saturated heterocycles. The molecule has 0 fully saturated rings. The van der Waals surface area contributed by atoms with Gasteiger partial charge in [-0.05, 0) is 70.4 Å². The molecule has 0 saturated carbocycles. The number of fused-ring (bicyclic) bond motifs is 2. The summed E-state index contributed by atoms with van der Waals surface area (Å²) in [6.45, 7) is 11.2. The van der Waals surface area contributed by atoms with Gasteiger partial charge in [-0.25, -0.2) is 0 Å². The number of carbonyl (C=O) groups is 1. The van der Waals surface area contributed by atoms with Gasteiger partial charge in [-0.1, -0.05) is 43.2 Å². The van der Waals surface area contributed by atoms with Gasteiger partial charge in [-0.3, -0.25) is 4.79 Å². The second kappa shape index (κ2) is 8.41. The van der Waals surface area contributed by atoms with Crippen molar-refractivity contribution in [2.45, 2.75) is 79.2 Å². The molecule has 3 heteroatoms. The summed E-state index contributed by atoms with van der Waals surface area (Å²) in [4.78, 5) is 13.3. The summed E-state index contributed by atoms with van der Waals surface area (Å²) in [7, 11) is 0. The van der Waals surface area contributed by atoms with Gasteiger partial charge < -0.3 is 9.84 Å². The van der Waals surface area contributed by atoms with E-state index in [-0.39, 0.29) is 11.7 Å². The normalized spacial score (nSPS) is 35.1. The molecule has 1 aliphatic heterocycles. The van der Waals surface area contributed by atoms with Gasteiger partial charge in [0.05, 0.1) is 12.7 Å². The summed E-state index contributed by atoms with van der Waals surface area (Å²) in [5, 5.41) is 10.6. The third-order valence-electron chi connectivity index (χ3n) is 7.06. The molecule has 154 valence electrons. The molecule has 3 aliphatic rings. The van der Waals surface area contributed by atoms with Crippen LogP contribution in [0.4, 0.5) is 0 Å². The van der Waals surface area contributed by atoms with Crippen molar-refractivity contribution in [3.63, 3.8) is 0 Å². The molecular weight excluding hydrogens is 348 g/mol. The van der Waals surface area contributed by atoms with Crippen LogP contribution < -0.4 is 0 Å². The number of carbonyl (C=O) groups excluding carboxylic acids is 1. The fourth-order valence-corrected chi connectivity index (χ4v) is 4.85. The van der Waals surface area contributed by atoms with Gasteiger partial charge in [0.1, 0.15) is 0 Å². The van der Waals surface area contributed by atoms with Crippen LogP contribution in [0, 0.1) is 17.3 Å². The molecule has 3 rings (SSSR count). The molecular formula is C25H36O3. The van der Waals surface area contributed by atoms with E-state index >= 15 is 0 Å². The number of hydrogen-bond acceptors (Lipinski definition) is 3. The Morgan fingerprint density at radius 3 is 2.57 bits per heavy atom. The largest absolute Gasteiger partial charge is 0.489 e. The van der Waals surface area contributed by atoms with Crippen LogP contribution >= 0.6 is 0 Å². The highest BCUT2D eigenvalue weighted by Gasteiger charge is 2.54. The van der Waals surface area contributed by atoms with Gasteiger partial charge in [-0.15, -0.1) is 0 Å². The molecule has 28 heavy (non-hydrogen) atoms. The highest BCUT2D eigenvalue weighted by atomic mass is 16.5. The molecule has 0 bridgehead atoms. The molecule has 2 aliphatic carbocycles. The molecule has 1 heterocycles. The zero-order valence-electron chi connectivity index (χ0n) is 18.2. The van der Waals surface area contributed by atoms with Crippen LogP contribution in [0.25, 0.3) is 0 Å². The Morgan fingerprint density at radius 1 is 1.11 bits per heavy atom. The fourth-order valence-electron chi connectivity index (χ4n) is 4.85. The second-order valence-corrected chi connectivity index (χ2v) is 9.38. The molecule has 0 aromatic heterocycles. The van der Waals surface area contributed by atoms with E-state index < -0.39 is 11.5 Å². The second-order valence-electron chi connectivity index (χ2n) is 9.38. The highest BCUT2D eigenvalue weighted by Crippen LogP contribution is 2.53. The predicted molar refractivity (Wildman–Crippen MR) is 114 cm³/mol. The summed E-state index contributed by atoms with van der Waals surface area (Å²) < 4.78 is 5.83. The third kappa shape index (κ3) is 4.05. The van der Waals surface area contributed by atoms with E-state index in [4.69, 9.17) is 4.74 Å².